The van der Waals surface area contributed by atoms with Gasteiger partial charge in [0.25, 0.3) is 0 Å². The zero-order valence-electron chi connectivity index (χ0n) is 24.6. The topological polar surface area (TPSA) is 54.8 Å². The lowest BCUT2D eigenvalue weighted by Crippen LogP contribution is -2.37. The summed E-state index contributed by atoms with van der Waals surface area (Å²) in [6, 6.07) is 24.6. The van der Waals surface area contributed by atoms with Crippen LogP contribution < -0.4 is 15.0 Å². The van der Waals surface area contributed by atoms with Gasteiger partial charge in [0.05, 0.1) is 31.0 Å². The van der Waals surface area contributed by atoms with Gasteiger partial charge in [-0.3, -0.25) is 9.88 Å². The van der Waals surface area contributed by atoms with Crippen LogP contribution in [0.1, 0.15) is 46.7 Å². The van der Waals surface area contributed by atoms with Crippen molar-refractivity contribution in [3.05, 3.63) is 107 Å². The second-order valence-corrected chi connectivity index (χ2v) is 11.5. The number of anilines is 1. The second-order valence-electron chi connectivity index (χ2n) is 11.1. The smallest absolute Gasteiger partial charge is 0.174 e. The zero-order chi connectivity index (χ0) is 29.1. The van der Waals surface area contributed by atoms with E-state index in [1.165, 1.54) is 17.0 Å². The van der Waals surface area contributed by atoms with E-state index in [-0.39, 0.29) is 12.1 Å². The summed E-state index contributed by atoms with van der Waals surface area (Å²) < 4.78 is 14.2. The Kier molecular flexibility index (Phi) is 8.55. The molecule has 2 aromatic heterocycles. The molecule has 2 atom stereocenters. The normalized spacial score (nSPS) is 19.2. The summed E-state index contributed by atoms with van der Waals surface area (Å²) in [5, 5.41) is 4.30. The third-order valence-electron chi connectivity index (χ3n) is 8.43. The van der Waals surface area contributed by atoms with Crippen molar-refractivity contribution >= 4 is 23.0 Å². The summed E-state index contributed by atoms with van der Waals surface area (Å²) in [5.41, 5.74) is 6.90. The van der Waals surface area contributed by atoms with E-state index < -0.39 is 0 Å². The SMILES string of the molecule is Cc1ccccc1Oc1ccc(N2C(=S)N[C@H](c3ccccn3)[C@H]2c2cc(C)n(CCCN3CCOCC3)c2C)cc1. The van der Waals surface area contributed by atoms with Crippen molar-refractivity contribution in [1.82, 2.24) is 19.8 Å². The molecule has 2 fully saturated rings. The fourth-order valence-electron chi connectivity index (χ4n) is 6.17. The molecule has 4 aromatic rings. The molecular weight excluding hydrogens is 542 g/mol. The molecule has 2 aliphatic heterocycles. The predicted octanol–water partition coefficient (Wildman–Crippen LogP) is 6.50. The van der Waals surface area contributed by atoms with Crippen LogP contribution in [-0.2, 0) is 11.3 Å². The molecule has 218 valence electrons. The van der Waals surface area contributed by atoms with Gasteiger partial charge < -0.3 is 24.3 Å². The summed E-state index contributed by atoms with van der Waals surface area (Å²) in [7, 11) is 0. The van der Waals surface area contributed by atoms with Crippen LogP contribution in [0.3, 0.4) is 0 Å². The van der Waals surface area contributed by atoms with Gasteiger partial charge in [0.1, 0.15) is 11.5 Å². The Hall–Kier alpha value is -3.72. The quantitative estimate of drug-likeness (QED) is 0.227. The first-order chi connectivity index (χ1) is 20.5. The maximum Gasteiger partial charge on any atom is 0.174 e. The molecule has 0 radical (unpaired) electrons. The molecule has 7 nitrogen and oxygen atoms in total. The lowest BCUT2D eigenvalue weighted by Gasteiger charge is -2.28. The number of nitrogens with one attached hydrogen (secondary N) is 1. The number of morpholine rings is 1. The van der Waals surface area contributed by atoms with Crippen molar-refractivity contribution in [2.75, 3.05) is 37.7 Å². The molecule has 1 N–H and O–H groups in total. The van der Waals surface area contributed by atoms with E-state index >= 15 is 0 Å². The van der Waals surface area contributed by atoms with E-state index in [0.29, 0.717) is 5.11 Å². The van der Waals surface area contributed by atoms with Crippen LogP contribution in [0.25, 0.3) is 0 Å². The van der Waals surface area contributed by atoms with Crippen molar-refractivity contribution in [2.45, 2.75) is 45.8 Å². The monoisotopic (exact) mass is 581 g/mol. The van der Waals surface area contributed by atoms with Gasteiger partial charge in [0.15, 0.2) is 5.11 Å². The Morgan fingerprint density at radius 1 is 0.952 bits per heavy atom. The first kappa shape index (κ1) is 28.4. The maximum atomic E-state index is 6.18. The van der Waals surface area contributed by atoms with E-state index in [1.54, 1.807) is 0 Å². The van der Waals surface area contributed by atoms with Crippen molar-refractivity contribution in [2.24, 2.45) is 0 Å². The van der Waals surface area contributed by atoms with Gasteiger partial charge in [-0.15, -0.1) is 0 Å². The van der Waals surface area contributed by atoms with Crippen LogP contribution in [0.4, 0.5) is 5.69 Å². The van der Waals surface area contributed by atoms with Crippen LogP contribution in [0.15, 0.2) is 79.0 Å². The second kappa shape index (κ2) is 12.7. The summed E-state index contributed by atoms with van der Waals surface area (Å²) >= 11 is 5.99. The molecule has 0 spiro atoms. The van der Waals surface area contributed by atoms with Gasteiger partial charge in [-0.1, -0.05) is 24.3 Å². The molecule has 0 saturated carbocycles. The lowest BCUT2D eigenvalue weighted by molar-refractivity contribution is 0.0369. The molecule has 2 saturated heterocycles. The lowest BCUT2D eigenvalue weighted by atomic mass is 9.96. The highest BCUT2D eigenvalue weighted by Gasteiger charge is 2.42. The van der Waals surface area contributed by atoms with E-state index in [0.717, 1.165) is 74.3 Å². The summed E-state index contributed by atoms with van der Waals surface area (Å²) in [4.78, 5) is 9.48. The van der Waals surface area contributed by atoms with Gasteiger partial charge in [0.2, 0.25) is 0 Å². The highest BCUT2D eigenvalue weighted by Crippen LogP contribution is 2.43. The number of aromatic nitrogens is 2. The number of rotatable bonds is 9. The van der Waals surface area contributed by atoms with Crippen molar-refractivity contribution < 1.29 is 9.47 Å². The standard InChI is InChI=1S/C34H39N5O2S/c1-24-9-4-5-11-31(24)41-28-14-12-27(13-15-28)39-33(32(36-34(39)42)30-10-6-7-16-35-30)29-23-25(2)38(26(29)3)18-8-17-37-19-21-40-22-20-37/h4-7,9-16,23,32-33H,8,17-22H2,1-3H3,(H,36,42)/t32-,33-/m1/s1. The molecule has 6 rings (SSSR count). The fourth-order valence-corrected chi connectivity index (χ4v) is 6.52. The first-order valence-electron chi connectivity index (χ1n) is 14.8. The first-order valence-corrected chi connectivity index (χ1v) is 15.2. The predicted molar refractivity (Wildman–Crippen MR) is 171 cm³/mol. The highest BCUT2D eigenvalue weighted by molar-refractivity contribution is 7.80. The number of hydrogen-bond donors (Lipinski definition) is 1. The van der Waals surface area contributed by atoms with Gasteiger partial charge in [-0.2, -0.15) is 0 Å². The number of pyridine rings is 1. The average Bonchev–Trinajstić information content (AvgIpc) is 3.50. The molecule has 4 heterocycles. The number of para-hydroxylation sites is 1. The van der Waals surface area contributed by atoms with E-state index in [4.69, 9.17) is 26.7 Å². The van der Waals surface area contributed by atoms with Crippen LogP contribution in [0.2, 0.25) is 0 Å². The Labute approximate surface area is 254 Å². The molecule has 0 amide bonds. The Bertz CT molecular complexity index is 1510. The zero-order valence-corrected chi connectivity index (χ0v) is 25.4. The van der Waals surface area contributed by atoms with Gasteiger partial charge in [-0.25, -0.2) is 0 Å². The van der Waals surface area contributed by atoms with Crippen molar-refractivity contribution in [1.29, 1.82) is 0 Å². The number of hydrogen-bond acceptors (Lipinski definition) is 5. The molecule has 0 unspecified atom stereocenters. The van der Waals surface area contributed by atoms with Gasteiger partial charge >= 0.3 is 0 Å². The number of thiocarbonyl (C=S) groups is 1. The van der Waals surface area contributed by atoms with E-state index in [1.807, 2.05) is 48.7 Å². The van der Waals surface area contributed by atoms with Crippen molar-refractivity contribution in [3.8, 4) is 11.5 Å². The number of nitrogens with zero attached hydrogens (tertiary/aromatic N) is 4. The minimum absolute atomic E-state index is 0.0465. The molecule has 2 aliphatic rings. The summed E-state index contributed by atoms with van der Waals surface area (Å²) in [5.74, 6) is 1.65. The highest BCUT2D eigenvalue weighted by atomic mass is 32.1. The van der Waals surface area contributed by atoms with E-state index in [2.05, 4.69) is 70.8 Å². The third kappa shape index (κ3) is 5.93. The van der Waals surface area contributed by atoms with Gasteiger partial charge in [0, 0.05) is 49.5 Å². The van der Waals surface area contributed by atoms with Gasteiger partial charge in [-0.05, 0) is 99.1 Å². The molecular formula is C34H39N5O2S. The number of ether oxygens (including phenoxy) is 2. The van der Waals surface area contributed by atoms with Crippen LogP contribution in [0, 0.1) is 20.8 Å². The maximum absolute atomic E-state index is 6.18. The fraction of sp³-hybridized carbons (Fsp3) is 0.353. The molecule has 2 aromatic carbocycles. The van der Waals surface area contributed by atoms with Crippen LogP contribution in [0.5, 0.6) is 11.5 Å². The van der Waals surface area contributed by atoms with E-state index in [9.17, 15) is 0 Å². The largest absolute Gasteiger partial charge is 0.457 e. The molecule has 0 aliphatic carbocycles. The number of benzene rings is 2. The minimum Gasteiger partial charge on any atom is -0.457 e. The minimum atomic E-state index is -0.0797. The Morgan fingerprint density at radius 3 is 2.45 bits per heavy atom. The summed E-state index contributed by atoms with van der Waals surface area (Å²) in [6.07, 6.45) is 2.96. The molecule has 0 bridgehead atoms. The molecule has 42 heavy (non-hydrogen) atoms. The average molecular weight is 582 g/mol. The Morgan fingerprint density at radius 2 is 1.71 bits per heavy atom. The third-order valence-corrected chi connectivity index (χ3v) is 8.74. The Balaban J connectivity index is 1.29. The van der Waals surface area contributed by atoms with Crippen LogP contribution >= 0.6 is 12.2 Å². The molecule has 8 heteroatoms. The van der Waals surface area contributed by atoms with Crippen LogP contribution in [-0.4, -0.2) is 52.4 Å². The summed E-state index contributed by atoms with van der Waals surface area (Å²) in [6.45, 7) is 12.3. The number of aryl methyl sites for hydroxylation is 2. The van der Waals surface area contributed by atoms with Crippen molar-refractivity contribution in [3.63, 3.8) is 0 Å².